The van der Waals surface area contributed by atoms with Gasteiger partial charge in [-0.2, -0.15) is 0 Å². The molecule has 0 aliphatic rings. The van der Waals surface area contributed by atoms with Gasteiger partial charge in [-0.3, -0.25) is 4.79 Å². The minimum Gasteiger partial charge on any atom is -0.465 e. The Morgan fingerprint density at radius 2 is 2.12 bits per heavy atom. The third-order valence-electron chi connectivity index (χ3n) is 1.55. The van der Waals surface area contributed by atoms with Crippen LogP contribution >= 0.6 is 0 Å². The van der Waals surface area contributed by atoms with Crippen LogP contribution in [0.25, 0.3) is 0 Å². The third-order valence-corrected chi connectivity index (χ3v) is 2.86. The van der Waals surface area contributed by atoms with Gasteiger partial charge in [0.1, 0.15) is 0 Å². The molecule has 0 bridgehead atoms. The van der Waals surface area contributed by atoms with Crippen molar-refractivity contribution in [3.8, 4) is 0 Å². The number of esters is 1. The molecule has 0 aromatic heterocycles. The van der Waals surface area contributed by atoms with Crippen molar-refractivity contribution in [2.75, 3.05) is 32.7 Å². The molecule has 0 amide bonds. The van der Waals surface area contributed by atoms with Gasteiger partial charge in [-0.05, 0) is 6.92 Å². The second-order valence-corrected chi connectivity index (χ2v) is 4.77. The van der Waals surface area contributed by atoms with Crippen LogP contribution in [0, 0.1) is 0 Å². The predicted octanol–water partition coefficient (Wildman–Crippen LogP) is -1.52. The Hall–Kier alpha value is -0.700. The lowest BCUT2D eigenvalue weighted by atomic mass is 10.4. The van der Waals surface area contributed by atoms with Gasteiger partial charge in [-0.15, -0.1) is 0 Å². The van der Waals surface area contributed by atoms with Crippen molar-refractivity contribution in [2.45, 2.75) is 13.0 Å². The first-order valence-electron chi connectivity index (χ1n) is 4.70. The molecule has 0 fully saturated rings. The van der Waals surface area contributed by atoms with Gasteiger partial charge in [-0.1, -0.05) is 0 Å². The van der Waals surface area contributed by atoms with E-state index in [9.17, 15) is 13.2 Å². The molecule has 8 heteroatoms. The molecule has 0 aromatic rings. The molecule has 0 heterocycles. The maximum absolute atomic E-state index is 11.4. The molecule has 1 atom stereocenters. The minimum absolute atomic E-state index is 0.0263. The van der Waals surface area contributed by atoms with Gasteiger partial charge >= 0.3 is 5.97 Å². The van der Waals surface area contributed by atoms with Gasteiger partial charge in [-0.25, -0.2) is 13.1 Å². The van der Waals surface area contributed by atoms with Crippen LogP contribution in [0.2, 0.25) is 0 Å². The molecule has 0 aliphatic heterocycles. The first-order chi connectivity index (χ1) is 7.45. The van der Waals surface area contributed by atoms with Crippen LogP contribution in [0.4, 0.5) is 0 Å². The molecule has 0 saturated heterocycles. The maximum Gasteiger partial charge on any atom is 0.322 e. The highest BCUT2D eigenvalue weighted by Crippen LogP contribution is 1.93. The number of rotatable bonds is 8. The second-order valence-electron chi connectivity index (χ2n) is 3.02. The number of methoxy groups -OCH3 is 1. The summed E-state index contributed by atoms with van der Waals surface area (Å²) in [5.74, 6) is -1.59. The third kappa shape index (κ3) is 6.72. The molecule has 0 saturated carbocycles. The summed E-state index contributed by atoms with van der Waals surface area (Å²) in [5.41, 5.74) is 0. The van der Waals surface area contributed by atoms with E-state index in [2.05, 4.69) is 9.46 Å². The molecular formula is C8H17NO6S. The van der Waals surface area contributed by atoms with Gasteiger partial charge < -0.3 is 14.6 Å². The van der Waals surface area contributed by atoms with Crippen LogP contribution in [0.5, 0.6) is 0 Å². The van der Waals surface area contributed by atoms with E-state index in [-0.39, 0.29) is 13.2 Å². The van der Waals surface area contributed by atoms with E-state index >= 15 is 0 Å². The molecule has 16 heavy (non-hydrogen) atoms. The lowest BCUT2D eigenvalue weighted by Gasteiger charge is -2.14. The Labute approximate surface area is 94.8 Å². The summed E-state index contributed by atoms with van der Waals surface area (Å²) < 4.78 is 34.1. The van der Waals surface area contributed by atoms with Crippen molar-refractivity contribution in [3.05, 3.63) is 0 Å². The molecule has 0 radical (unpaired) electrons. The second kappa shape index (κ2) is 7.55. The summed E-state index contributed by atoms with van der Waals surface area (Å²) in [4.78, 5) is 11.0. The Morgan fingerprint density at radius 1 is 1.50 bits per heavy atom. The molecule has 2 N–H and O–H groups in total. The predicted molar refractivity (Wildman–Crippen MR) is 56.3 cm³/mol. The van der Waals surface area contributed by atoms with Crippen LogP contribution in [0.1, 0.15) is 6.92 Å². The van der Waals surface area contributed by atoms with Gasteiger partial charge in [0.25, 0.3) is 0 Å². The van der Waals surface area contributed by atoms with Crippen LogP contribution in [0.15, 0.2) is 0 Å². The van der Waals surface area contributed by atoms with Crippen molar-refractivity contribution in [2.24, 2.45) is 0 Å². The fourth-order valence-corrected chi connectivity index (χ4v) is 2.11. The van der Waals surface area contributed by atoms with Gasteiger partial charge in [0.05, 0.1) is 25.9 Å². The lowest BCUT2D eigenvalue weighted by molar-refractivity contribution is -0.139. The highest BCUT2D eigenvalue weighted by Gasteiger charge is 2.21. The highest BCUT2D eigenvalue weighted by molar-refractivity contribution is 7.90. The van der Waals surface area contributed by atoms with Gasteiger partial charge in [0.2, 0.25) is 10.0 Å². The van der Waals surface area contributed by atoms with Crippen molar-refractivity contribution >= 4 is 16.0 Å². The smallest absolute Gasteiger partial charge is 0.322 e. The van der Waals surface area contributed by atoms with Crippen LogP contribution in [0.3, 0.4) is 0 Å². The first kappa shape index (κ1) is 15.3. The lowest BCUT2D eigenvalue weighted by Crippen LogP contribution is -2.43. The minimum atomic E-state index is -3.80. The summed E-state index contributed by atoms with van der Waals surface area (Å²) in [6.07, 6.45) is 0. The van der Waals surface area contributed by atoms with E-state index < -0.39 is 34.4 Å². The van der Waals surface area contributed by atoms with Crippen molar-refractivity contribution in [1.29, 1.82) is 0 Å². The highest BCUT2D eigenvalue weighted by atomic mass is 32.2. The number of hydrogen-bond donors (Lipinski definition) is 2. The van der Waals surface area contributed by atoms with Crippen LogP contribution < -0.4 is 4.72 Å². The normalized spacial score (nSPS) is 13.4. The molecular weight excluding hydrogens is 238 g/mol. The topological polar surface area (TPSA) is 102 Å². The van der Waals surface area contributed by atoms with E-state index in [4.69, 9.17) is 9.84 Å². The Kier molecular flexibility index (Phi) is 7.22. The van der Waals surface area contributed by atoms with E-state index in [1.807, 2.05) is 0 Å². The van der Waals surface area contributed by atoms with Crippen molar-refractivity contribution in [3.63, 3.8) is 0 Å². The number of carbonyl (C=O) groups is 1. The standard InChI is InChI=1S/C8H17NO6S/c1-3-15-8(11)6-16(12,13)9-7(4-10)5-14-2/h7,9-10H,3-6H2,1-2H3. The van der Waals surface area contributed by atoms with E-state index in [1.165, 1.54) is 7.11 Å². The van der Waals surface area contributed by atoms with Crippen molar-refractivity contribution in [1.82, 2.24) is 4.72 Å². The molecule has 96 valence electrons. The monoisotopic (exact) mass is 255 g/mol. The SMILES string of the molecule is CCOC(=O)CS(=O)(=O)NC(CO)COC. The number of nitrogens with one attached hydrogen (secondary N) is 1. The number of carbonyl (C=O) groups excluding carboxylic acids is 1. The number of hydrogen-bond acceptors (Lipinski definition) is 6. The maximum atomic E-state index is 11.4. The molecule has 0 aromatic carbocycles. The molecule has 1 unspecified atom stereocenters. The van der Waals surface area contributed by atoms with Crippen molar-refractivity contribution < 1.29 is 27.8 Å². The van der Waals surface area contributed by atoms with Crippen LogP contribution in [-0.2, 0) is 24.3 Å². The summed E-state index contributed by atoms with van der Waals surface area (Å²) in [6.45, 7) is 1.32. The summed E-state index contributed by atoms with van der Waals surface area (Å²) in [5, 5.41) is 8.83. The molecule has 7 nitrogen and oxygen atoms in total. The molecule has 0 rings (SSSR count). The van der Waals surface area contributed by atoms with Crippen LogP contribution in [-0.4, -0.2) is 58.2 Å². The average Bonchev–Trinajstić information content (AvgIpc) is 2.16. The number of ether oxygens (including phenoxy) is 2. The fourth-order valence-electron chi connectivity index (χ4n) is 0.979. The number of aliphatic hydroxyl groups is 1. The Bertz CT molecular complexity index is 302. The summed E-state index contributed by atoms with van der Waals surface area (Å²) in [6, 6.07) is -0.760. The zero-order valence-corrected chi connectivity index (χ0v) is 10.1. The quantitative estimate of drug-likeness (QED) is 0.510. The largest absolute Gasteiger partial charge is 0.465 e. The zero-order valence-electron chi connectivity index (χ0n) is 9.30. The number of sulfonamides is 1. The number of aliphatic hydroxyl groups excluding tert-OH is 1. The van der Waals surface area contributed by atoms with Gasteiger partial charge in [0.15, 0.2) is 5.75 Å². The first-order valence-corrected chi connectivity index (χ1v) is 6.35. The Balaban J connectivity index is 4.27. The zero-order chi connectivity index (χ0) is 12.6. The fraction of sp³-hybridized carbons (Fsp3) is 0.875. The van der Waals surface area contributed by atoms with E-state index in [0.29, 0.717) is 0 Å². The van der Waals surface area contributed by atoms with Gasteiger partial charge in [0, 0.05) is 7.11 Å². The molecule has 0 aliphatic carbocycles. The Morgan fingerprint density at radius 3 is 2.56 bits per heavy atom. The summed E-state index contributed by atoms with van der Waals surface area (Å²) in [7, 11) is -2.42. The van der Waals surface area contributed by atoms with E-state index in [1.54, 1.807) is 6.92 Å². The molecule has 0 spiro atoms. The average molecular weight is 255 g/mol. The van der Waals surface area contributed by atoms with E-state index in [0.717, 1.165) is 0 Å². The summed E-state index contributed by atoms with van der Waals surface area (Å²) >= 11 is 0.